The minimum atomic E-state index is -3.44. The van der Waals surface area contributed by atoms with E-state index in [4.69, 9.17) is 0 Å². The summed E-state index contributed by atoms with van der Waals surface area (Å²) < 4.78 is 27.3. The van der Waals surface area contributed by atoms with Crippen molar-refractivity contribution < 1.29 is 8.42 Å². The minimum absolute atomic E-state index is 0.0629. The molecule has 1 fully saturated rings. The highest BCUT2D eigenvalue weighted by Crippen LogP contribution is 2.26. The lowest BCUT2D eigenvalue weighted by Crippen LogP contribution is -2.33. The Morgan fingerprint density at radius 2 is 2.15 bits per heavy atom. The van der Waals surface area contributed by atoms with Crippen LogP contribution in [0.1, 0.15) is 39.5 Å². The second-order valence-corrected chi connectivity index (χ2v) is 7.26. The highest BCUT2D eigenvalue weighted by atomic mass is 32.2. The molecule has 0 aliphatic heterocycles. The van der Waals surface area contributed by atoms with Crippen molar-refractivity contribution in [3.63, 3.8) is 0 Å². The van der Waals surface area contributed by atoms with E-state index in [2.05, 4.69) is 28.9 Å². The summed E-state index contributed by atoms with van der Waals surface area (Å²) in [5, 5.41) is 3.13. The summed E-state index contributed by atoms with van der Waals surface area (Å²) in [6.45, 7) is 5.06. The Kier molecular flexibility index (Phi) is 4.99. The Bertz CT molecular complexity index is 528. The van der Waals surface area contributed by atoms with Crippen LogP contribution < -0.4 is 10.0 Å². The number of pyridine rings is 1. The van der Waals surface area contributed by atoms with Crippen molar-refractivity contribution in [2.75, 3.05) is 11.9 Å². The summed E-state index contributed by atoms with van der Waals surface area (Å²) >= 11 is 0. The van der Waals surface area contributed by atoms with Gasteiger partial charge in [0.15, 0.2) is 0 Å². The van der Waals surface area contributed by atoms with Crippen LogP contribution in [0.4, 0.5) is 5.82 Å². The van der Waals surface area contributed by atoms with Gasteiger partial charge in [0.05, 0.1) is 0 Å². The van der Waals surface area contributed by atoms with Gasteiger partial charge in [-0.15, -0.1) is 0 Å². The van der Waals surface area contributed by atoms with E-state index in [1.807, 2.05) is 0 Å². The van der Waals surface area contributed by atoms with Gasteiger partial charge < -0.3 is 5.32 Å². The fourth-order valence-electron chi connectivity index (χ4n) is 2.50. The molecule has 1 aromatic heterocycles. The number of nitrogens with zero attached hydrogens (tertiary/aromatic N) is 1. The maximum atomic E-state index is 12.2. The van der Waals surface area contributed by atoms with E-state index in [9.17, 15) is 8.42 Å². The second kappa shape index (κ2) is 6.54. The lowest BCUT2D eigenvalue weighted by Gasteiger charge is -2.13. The van der Waals surface area contributed by atoms with Gasteiger partial charge >= 0.3 is 0 Å². The zero-order chi connectivity index (χ0) is 14.6. The van der Waals surface area contributed by atoms with Gasteiger partial charge in [-0.25, -0.2) is 18.1 Å². The largest absolute Gasteiger partial charge is 0.370 e. The van der Waals surface area contributed by atoms with Gasteiger partial charge in [0.2, 0.25) is 10.0 Å². The van der Waals surface area contributed by atoms with Crippen molar-refractivity contribution in [3.8, 4) is 0 Å². The Balaban J connectivity index is 2.01. The van der Waals surface area contributed by atoms with Crippen LogP contribution in [-0.2, 0) is 10.0 Å². The second-order valence-electron chi connectivity index (χ2n) is 5.54. The van der Waals surface area contributed by atoms with Gasteiger partial charge in [-0.3, -0.25) is 0 Å². The molecule has 2 atom stereocenters. The number of rotatable bonds is 6. The van der Waals surface area contributed by atoms with E-state index in [1.54, 1.807) is 12.1 Å². The Hall–Kier alpha value is -1.14. The van der Waals surface area contributed by atoms with E-state index in [0.717, 1.165) is 32.2 Å². The van der Waals surface area contributed by atoms with Crippen LogP contribution in [0.2, 0.25) is 0 Å². The van der Waals surface area contributed by atoms with Gasteiger partial charge in [0, 0.05) is 18.8 Å². The van der Waals surface area contributed by atoms with E-state index in [0.29, 0.717) is 11.7 Å². The topological polar surface area (TPSA) is 71.1 Å². The average molecular weight is 297 g/mol. The molecule has 20 heavy (non-hydrogen) atoms. The first-order chi connectivity index (χ1) is 9.51. The van der Waals surface area contributed by atoms with Gasteiger partial charge in [0.1, 0.15) is 10.7 Å². The number of anilines is 1. The third-order valence-electron chi connectivity index (χ3n) is 3.62. The Labute approximate surface area is 121 Å². The van der Waals surface area contributed by atoms with Crippen LogP contribution in [0.25, 0.3) is 0 Å². The van der Waals surface area contributed by atoms with Crippen LogP contribution in [0, 0.1) is 5.92 Å². The highest BCUT2D eigenvalue weighted by Gasteiger charge is 2.26. The summed E-state index contributed by atoms with van der Waals surface area (Å²) in [5.74, 6) is 1.31. The third-order valence-corrected chi connectivity index (χ3v) is 5.13. The SMILES string of the molecule is CCCNc1ccc(S(=O)(=O)NC2CCC(C)C2)cn1. The fourth-order valence-corrected chi connectivity index (χ4v) is 3.73. The monoisotopic (exact) mass is 297 g/mol. The maximum Gasteiger partial charge on any atom is 0.242 e. The summed E-state index contributed by atoms with van der Waals surface area (Å²) in [6.07, 6.45) is 5.35. The normalized spacial score (nSPS) is 22.9. The van der Waals surface area contributed by atoms with Gasteiger partial charge in [0.25, 0.3) is 0 Å². The maximum absolute atomic E-state index is 12.2. The van der Waals surface area contributed by atoms with E-state index in [-0.39, 0.29) is 10.9 Å². The molecule has 0 amide bonds. The first-order valence-electron chi connectivity index (χ1n) is 7.23. The van der Waals surface area contributed by atoms with Crippen LogP contribution in [-0.4, -0.2) is 26.0 Å². The van der Waals surface area contributed by atoms with Crippen LogP contribution in [0.5, 0.6) is 0 Å². The number of sulfonamides is 1. The number of nitrogens with one attached hydrogen (secondary N) is 2. The molecule has 1 aliphatic carbocycles. The molecule has 1 aliphatic rings. The zero-order valence-electron chi connectivity index (χ0n) is 12.1. The molecular weight excluding hydrogens is 274 g/mol. The molecule has 0 spiro atoms. The highest BCUT2D eigenvalue weighted by molar-refractivity contribution is 7.89. The first-order valence-corrected chi connectivity index (χ1v) is 8.72. The predicted molar refractivity (Wildman–Crippen MR) is 80.1 cm³/mol. The molecule has 112 valence electrons. The Morgan fingerprint density at radius 1 is 1.35 bits per heavy atom. The summed E-state index contributed by atoms with van der Waals surface area (Å²) in [4.78, 5) is 4.38. The quantitative estimate of drug-likeness (QED) is 0.845. The number of aromatic nitrogens is 1. The van der Waals surface area contributed by atoms with Gasteiger partial charge in [-0.1, -0.05) is 13.8 Å². The molecule has 6 heteroatoms. The average Bonchev–Trinajstić information content (AvgIpc) is 2.81. The number of hydrogen-bond acceptors (Lipinski definition) is 4. The van der Waals surface area contributed by atoms with Gasteiger partial charge in [-0.2, -0.15) is 0 Å². The lowest BCUT2D eigenvalue weighted by atomic mass is 10.1. The van der Waals surface area contributed by atoms with Crippen molar-refractivity contribution in [3.05, 3.63) is 18.3 Å². The predicted octanol–water partition coefficient (Wildman–Crippen LogP) is 2.37. The van der Waals surface area contributed by atoms with Crippen molar-refractivity contribution in [1.82, 2.24) is 9.71 Å². The lowest BCUT2D eigenvalue weighted by molar-refractivity contribution is 0.538. The Morgan fingerprint density at radius 3 is 2.70 bits per heavy atom. The summed E-state index contributed by atoms with van der Waals surface area (Å²) in [7, 11) is -3.44. The molecule has 2 unspecified atom stereocenters. The molecule has 0 radical (unpaired) electrons. The smallest absolute Gasteiger partial charge is 0.242 e. The molecule has 1 saturated carbocycles. The molecule has 2 rings (SSSR count). The van der Waals surface area contributed by atoms with Gasteiger partial charge in [-0.05, 0) is 43.7 Å². The van der Waals surface area contributed by atoms with Crippen LogP contribution in [0.3, 0.4) is 0 Å². The standard InChI is InChI=1S/C14H23N3O2S/c1-3-8-15-14-7-6-13(10-16-14)20(18,19)17-12-5-4-11(2)9-12/h6-7,10-12,17H,3-5,8-9H2,1-2H3,(H,15,16). The number of hydrogen-bond donors (Lipinski definition) is 2. The molecule has 2 N–H and O–H groups in total. The zero-order valence-corrected chi connectivity index (χ0v) is 12.9. The first kappa shape index (κ1) is 15.3. The van der Waals surface area contributed by atoms with E-state index in [1.165, 1.54) is 6.20 Å². The van der Waals surface area contributed by atoms with Crippen molar-refractivity contribution in [1.29, 1.82) is 0 Å². The summed E-state index contributed by atoms with van der Waals surface area (Å²) in [6, 6.07) is 3.38. The molecule has 1 aromatic rings. The van der Waals surface area contributed by atoms with Crippen molar-refractivity contribution in [2.24, 2.45) is 5.92 Å². The molecule has 0 saturated heterocycles. The third kappa shape index (κ3) is 3.93. The summed E-state index contributed by atoms with van der Waals surface area (Å²) in [5.41, 5.74) is 0. The minimum Gasteiger partial charge on any atom is -0.370 e. The van der Waals surface area contributed by atoms with Crippen LogP contribution >= 0.6 is 0 Å². The molecular formula is C14H23N3O2S. The van der Waals surface area contributed by atoms with Crippen molar-refractivity contribution in [2.45, 2.75) is 50.5 Å². The van der Waals surface area contributed by atoms with Crippen LogP contribution in [0.15, 0.2) is 23.2 Å². The molecule has 1 heterocycles. The molecule has 0 bridgehead atoms. The fraction of sp³-hybridized carbons (Fsp3) is 0.643. The van der Waals surface area contributed by atoms with Crippen molar-refractivity contribution >= 4 is 15.8 Å². The van der Waals surface area contributed by atoms with E-state index >= 15 is 0 Å². The molecule has 0 aromatic carbocycles. The van der Waals surface area contributed by atoms with E-state index < -0.39 is 10.0 Å². The molecule has 5 nitrogen and oxygen atoms in total.